The molecule has 2 aromatic carbocycles. The molecule has 1 aliphatic heterocycles. The summed E-state index contributed by atoms with van der Waals surface area (Å²) in [5, 5.41) is 7.48. The molecule has 0 amide bonds. The molecular weight excluding hydrogens is 329 g/mol. The van der Waals surface area contributed by atoms with Crippen LogP contribution in [0.3, 0.4) is 0 Å². The number of nitrogens with zero attached hydrogens (tertiary/aromatic N) is 3. The fourth-order valence-electron chi connectivity index (χ4n) is 3.65. The summed E-state index contributed by atoms with van der Waals surface area (Å²) < 4.78 is 14.2. The summed E-state index contributed by atoms with van der Waals surface area (Å²) in [6.45, 7) is 2.38. The zero-order valence-corrected chi connectivity index (χ0v) is 14.2. The van der Waals surface area contributed by atoms with Crippen molar-refractivity contribution in [3.8, 4) is 11.3 Å². The lowest BCUT2D eigenvalue weighted by molar-refractivity contribution is 0.240. The summed E-state index contributed by atoms with van der Waals surface area (Å²) in [4.78, 5) is 10.4. The van der Waals surface area contributed by atoms with Crippen molar-refractivity contribution in [3.63, 3.8) is 0 Å². The van der Waals surface area contributed by atoms with E-state index in [-0.39, 0.29) is 5.82 Å². The van der Waals surface area contributed by atoms with Gasteiger partial charge in [-0.2, -0.15) is 5.10 Å². The molecule has 0 bridgehead atoms. The molecule has 0 unspecified atom stereocenters. The fourth-order valence-corrected chi connectivity index (χ4v) is 3.65. The minimum atomic E-state index is -0.240. The minimum absolute atomic E-state index is 0.240. The van der Waals surface area contributed by atoms with Crippen molar-refractivity contribution in [1.82, 2.24) is 25.1 Å². The van der Waals surface area contributed by atoms with Gasteiger partial charge < -0.3 is 4.98 Å². The van der Waals surface area contributed by atoms with E-state index in [4.69, 9.17) is 0 Å². The number of fused-ring (bicyclic) bond motifs is 2. The van der Waals surface area contributed by atoms with Gasteiger partial charge in [0.2, 0.25) is 0 Å². The van der Waals surface area contributed by atoms with Crippen LogP contribution in [-0.4, -0.2) is 31.6 Å². The Bertz CT molecular complexity index is 1050. The normalized spacial score (nSPS) is 14.7. The van der Waals surface area contributed by atoms with Crippen molar-refractivity contribution in [2.45, 2.75) is 19.5 Å². The fraction of sp³-hybridized carbons (Fsp3) is 0.200. The second kappa shape index (κ2) is 6.07. The number of H-pyrrole nitrogens is 2. The number of nitrogens with one attached hydrogen (secondary N) is 2. The highest BCUT2D eigenvalue weighted by Gasteiger charge is 2.24. The van der Waals surface area contributed by atoms with Crippen molar-refractivity contribution < 1.29 is 4.39 Å². The average molecular weight is 347 g/mol. The first-order chi connectivity index (χ1) is 12.8. The number of para-hydroxylation sites is 2. The molecular formula is C20H18FN5. The molecule has 26 heavy (non-hydrogen) atoms. The second-order valence-electron chi connectivity index (χ2n) is 6.67. The summed E-state index contributed by atoms with van der Waals surface area (Å²) in [5.74, 6) is 0.710. The third-order valence-electron chi connectivity index (χ3n) is 4.95. The smallest absolute Gasteiger partial charge is 0.132 e. The number of imidazole rings is 1. The lowest BCUT2D eigenvalue weighted by atomic mass is 10.0. The number of halogens is 1. The van der Waals surface area contributed by atoms with Gasteiger partial charge in [-0.1, -0.05) is 24.3 Å². The topological polar surface area (TPSA) is 60.6 Å². The molecule has 0 fully saturated rings. The Morgan fingerprint density at radius 1 is 1.08 bits per heavy atom. The monoisotopic (exact) mass is 347 g/mol. The summed E-state index contributed by atoms with van der Waals surface area (Å²) in [6.07, 6.45) is 0.872. The van der Waals surface area contributed by atoms with Crippen LogP contribution in [0.2, 0.25) is 0 Å². The van der Waals surface area contributed by atoms with Crippen LogP contribution in [0.25, 0.3) is 22.3 Å². The maximum Gasteiger partial charge on any atom is 0.132 e. The van der Waals surface area contributed by atoms with Gasteiger partial charge in [0.25, 0.3) is 0 Å². The average Bonchev–Trinajstić information content (AvgIpc) is 3.25. The van der Waals surface area contributed by atoms with Gasteiger partial charge in [0.05, 0.1) is 23.3 Å². The van der Waals surface area contributed by atoms with Gasteiger partial charge in [-0.05, 0) is 24.3 Å². The molecule has 0 saturated carbocycles. The summed E-state index contributed by atoms with van der Waals surface area (Å²) in [5.41, 5.74) is 5.48. The Balaban J connectivity index is 1.43. The van der Waals surface area contributed by atoms with E-state index in [1.807, 2.05) is 30.3 Å². The third-order valence-corrected chi connectivity index (χ3v) is 4.95. The van der Waals surface area contributed by atoms with E-state index in [1.54, 1.807) is 12.1 Å². The Hall–Kier alpha value is -2.99. The molecule has 130 valence electrons. The molecule has 0 radical (unpaired) electrons. The van der Waals surface area contributed by atoms with Gasteiger partial charge in [-0.3, -0.25) is 10.00 Å². The highest BCUT2D eigenvalue weighted by Crippen LogP contribution is 2.30. The van der Waals surface area contributed by atoms with Gasteiger partial charge in [0.1, 0.15) is 11.6 Å². The van der Waals surface area contributed by atoms with E-state index in [0.717, 1.165) is 54.2 Å². The highest BCUT2D eigenvalue weighted by atomic mass is 19.1. The lowest BCUT2D eigenvalue weighted by Crippen LogP contribution is -2.30. The zero-order chi connectivity index (χ0) is 17.5. The Morgan fingerprint density at radius 3 is 2.81 bits per heavy atom. The number of rotatable bonds is 3. The van der Waals surface area contributed by atoms with Crippen molar-refractivity contribution in [3.05, 3.63) is 71.4 Å². The van der Waals surface area contributed by atoms with E-state index >= 15 is 0 Å². The van der Waals surface area contributed by atoms with E-state index in [9.17, 15) is 4.39 Å². The zero-order valence-electron chi connectivity index (χ0n) is 14.2. The van der Waals surface area contributed by atoms with Crippen LogP contribution < -0.4 is 0 Å². The van der Waals surface area contributed by atoms with Crippen molar-refractivity contribution in [2.24, 2.45) is 0 Å². The number of aromatic nitrogens is 4. The largest absolute Gasteiger partial charge is 0.341 e. The van der Waals surface area contributed by atoms with Gasteiger partial charge in [-0.15, -0.1) is 0 Å². The van der Waals surface area contributed by atoms with Crippen LogP contribution in [0.4, 0.5) is 4.39 Å². The first-order valence-corrected chi connectivity index (χ1v) is 8.75. The maximum absolute atomic E-state index is 14.2. The van der Waals surface area contributed by atoms with E-state index in [0.29, 0.717) is 11.3 Å². The number of hydrogen-bond donors (Lipinski definition) is 2. The summed E-state index contributed by atoms with van der Waals surface area (Å²) in [7, 11) is 0. The number of benzene rings is 2. The van der Waals surface area contributed by atoms with E-state index in [1.165, 1.54) is 6.07 Å². The first-order valence-electron chi connectivity index (χ1n) is 8.75. The van der Waals surface area contributed by atoms with Gasteiger partial charge in [0.15, 0.2) is 0 Å². The number of aromatic amines is 2. The maximum atomic E-state index is 14.2. The van der Waals surface area contributed by atoms with Gasteiger partial charge in [0, 0.05) is 36.3 Å². The Labute approximate surface area is 149 Å². The molecule has 1 aliphatic rings. The Kier molecular flexibility index (Phi) is 3.57. The molecule has 2 aromatic heterocycles. The van der Waals surface area contributed by atoms with Crippen LogP contribution in [0, 0.1) is 5.82 Å². The van der Waals surface area contributed by atoms with Crippen molar-refractivity contribution in [2.75, 3.05) is 6.54 Å². The quantitative estimate of drug-likeness (QED) is 0.595. The molecule has 0 saturated heterocycles. The highest BCUT2D eigenvalue weighted by molar-refractivity contribution is 5.74. The SMILES string of the molecule is Fc1ccccc1-c1n[nH]c2c1CN(Cc1nc3ccccc3[nH]1)CC2. The Morgan fingerprint density at radius 2 is 1.92 bits per heavy atom. The molecule has 0 atom stereocenters. The molecule has 2 N–H and O–H groups in total. The first kappa shape index (κ1) is 15.3. The molecule has 0 spiro atoms. The van der Waals surface area contributed by atoms with Gasteiger partial charge in [-0.25, -0.2) is 9.37 Å². The van der Waals surface area contributed by atoms with E-state index in [2.05, 4.69) is 25.1 Å². The van der Waals surface area contributed by atoms with Gasteiger partial charge >= 0.3 is 0 Å². The molecule has 0 aliphatic carbocycles. The minimum Gasteiger partial charge on any atom is -0.341 e. The van der Waals surface area contributed by atoms with Crippen LogP contribution in [0.15, 0.2) is 48.5 Å². The second-order valence-corrected chi connectivity index (χ2v) is 6.67. The predicted molar refractivity (Wildman–Crippen MR) is 97.9 cm³/mol. The summed E-state index contributed by atoms with van der Waals surface area (Å²) in [6, 6.07) is 14.8. The van der Waals surface area contributed by atoms with Crippen LogP contribution in [-0.2, 0) is 19.5 Å². The van der Waals surface area contributed by atoms with Crippen LogP contribution in [0.5, 0.6) is 0 Å². The molecule has 5 nitrogen and oxygen atoms in total. The molecule has 3 heterocycles. The van der Waals surface area contributed by atoms with E-state index < -0.39 is 0 Å². The standard InChI is InChI=1S/C20H18FN5/c21-15-6-2-1-5-13(15)20-14-11-26(10-9-16(14)24-25-20)12-19-22-17-7-3-4-8-18(17)23-19/h1-8H,9-12H2,(H,22,23)(H,24,25). The molecule has 5 rings (SSSR count). The molecule has 4 aromatic rings. The predicted octanol–water partition coefficient (Wildman–Crippen LogP) is 3.65. The number of hydrogen-bond acceptors (Lipinski definition) is 3. The third kappa shape index (κ3) is 2.59. The van der Waals surface area contributed by atoms with Crippen molar-refractivity contribution >= 4 is 11.0 Å². The van der Waals surface area contributed by atoms with Crippen molar-refractivity contribution in [1.29, 1.82) is 0 Å². The van der Waals surface area contributed by atoms with Crippen LogP contribution >= 0.6 is 0 Å². The molecule has 6 heteroatoms. The van der Waals surface area contributed by atoms with Crippen LogP contribution in [0.1, 0.15) is 17.1 Å². The summed E-state index contributed by atoms with van der Waals surface area (Å²) >= 11 is 0. The lowest BCUT2D eigenvalue weighted by Gasteiger charge is -2.26.